The van der Waals surface area contributed by atoms with Crippen molar-refractivity contribution < 1.29 is 4.74 Å². The van der Waals surface area contributed by atoms with Crippen molar-refractivity contribution in [3.05, 3.63) is 57.9 Å². The molecule has 0 radical (unpaired) electrons. The predicted molar refractivity (Wildman–Crippen MR) is 76.2 cm³/mol. The largest absolute Gasteiger partial charge is 0.371 e. The third-order valence-corrected chi connectivity index (χ3v) is 4.16. The van der Waals surface area contributed by atoms with Gasteiger partial charge in [-0.3, -0.25) is 0 Å². The Balaban J connectivity index is 2.21. The zero-order chi connectivity index (χ0) is 12.5. The lowest BCUT2D eigenvalue weighted by Crippen LogP contribution is -2.02. The molecule has 0 aliphatic carbocycles. The summed E-state index contributed by atoms with van der Waals surface area (Å²) < 4.78 is 5.72. The molecule has 0 fully saturated rings. The maximum absolute atomic E-state index is 5.72. The van der Waals surface area contributed by atoms with Crippen molar-refractivity contribution in [2.45, 2.75) is 13.0 Å². The topological polar surface area (TPSA) is 25.0 Å². The summed E-state index contributed by atoms with van der Waals surface area (Å²) in [4.78, 5) is 4.67. The number of aromatic amines is 1. The fraction of sp³-hybridized carbons (Fsp3) is 0.200. The number of hydrogen-bond donors (Lipinski definition) is 1. The van der Waals surface area contributed by atoms with E-state index in [1.54, 1.807) is 18.4 Å². The fourth-order valence-electron chi connectivity index (χ4n) is 2.45. The number of nitrogens with one attached hydrogen (secondary N) is 1. The highest BCUT2D eigenvalue weighted by Gasteiger charge is 2.20. The van der Waals surface area contributed by atoms with Gasteiger partial charge in [0.25, 0.3) is 0 Å². The van der Waals surface area contributed by atoms with Gasteiger partial charge in [0.15, 0.2) is 0 Å². The van der Waals surface area contributed by atoms with E-state index < -0.39 is 0 Å². The first-order chi connectivity index (χ1) is 8.81. The van der Waals surface area contributed by atoms with Crippen molar-refractivity contribution in [3.63, 3.8) is 0 Å². The molecule has 2 heterocycles. The Morgan fingerprint density at radius 1 is 1.17 bits per heavy atom. The van der Waals surface area contributed by atoms with E-state index in [-0.39, 0.29) is 6.10 Å². The number of thiophene rings is 1. The van der Waals surface area contributed by atoms with Crippen LogP contribution in [0.25, 0.3) is 10.9 Å². The zero-order valence-electron chi connectivity index (χ0n) is 10.4. The van der Waals surface area contributed by atoms with Crippen molar-refractivity contribution in [3.8, 4) is 0 Å². The standard InChI is InChI=1S/C15H15NOS/c1-10-14(11-6-3-4-7-12(11)16-10)15(17-2)13-8-5-9-18-13/h3-9,15-16H,1-2H3/t15-/m0/s1. The molecule has 1 aromatic carbocycles. The van der Waals surface area contributed by atoms with E-state index in [0.717, 1.165) is 0 Å². The summed E-state index contributed by atoms with van der Waals surface area (Å²) in [5, 5.41) is 3.33. The number of ether oxygens (including phenoxy) is 1. The number of para-hydroxylation sites is 1. The molecule has 0 saturated carbocycles. The van der Waals surface area contributed by atoms with Gasteiger partial charge in [-0.25, -0.2) is 0 Å². The van der Waals surface area contributed by atoms with Crippen LogP contribution < -0.4 is 0 Å². The molecule has 1 N–H and O–H groups in total. The Morgan fingerprint density at radius 3 is 2.72 bits per heavy atom. The van der Waals surface area contributed by atoms with E-state index in [1.807, 2.05) is 0 Å². The number of aromatic nitrogens is 1. The van der Waals surface area contributed by atoms with Gasteiger partial charge in [-0.2, -0.15) is 0 Å². The van der Waals surface area contributed by atoms with E-state index in [0.29, 0.717) is 0 Å². The lowest BCUT2D eigenvalue weighted by atomic mass is 10.0. The molecule has 0 aliphatic heterocycles. The molecular formula is C15H15NOS. The fourth-order valence-corrected chi connectivity index (χ4v) is 3.26. The summed E-state index contributed by atoms with van der Waals surface area (Å²) in [6.45, 7) is 2.11. The van der Waals surface area contributed by atoms with Gasteiger partial charge in [-0.05, 0) is 24.4 Å². The third kappa shape index (κ3) is 1.76. The van der Waals surface area contributed by atoms with Gasteiger partial charge >= 0.3 is 0 Å². The lowest BCUT2D eigenvalue weighted by Gasteiger charge is -2.14. The van der Waals surface area contributed by atoms with Crippen molar-refractivity contribution >= 4 is 22.2 Å². The van der Waals surface area contributed by atoms with Crippen LogP contribution in [0.5, 0.6) is 0 Å². The molecule has 0 unspecified atom stereocenters. The first-order valence-electron chi connectivity index (χ1n) is 5.94. The van der Waals surface area contributed by atoms with Crippen molar-refractivity contribution in [2.75, 3.05) is 7.11 Å². The monoisotopic (exact) mass is 257 g/mol. The Hall–Kier alpha value is -1.58. The molecule has 0 saturated heterocycles. The molecule has 92 valence electrons. The summed E-state index contributed by atoms with van der Waals surface area (Å²) in [5.74, 6) is 0. The summed E-state index contributed by atoms with van der Waals surface area (Å²) in [6, 6.07) is 12.6. The average molecular weight is 257 g/mol. The number of rotatable bonds is 3. The Morgan fingerprint density at radius 2 is 2.00 bits per heavy atom. The van der Waals surface area contributed by atoms with Crippen LogP contribution in [0.3, 0.4) is 0 Å². The smallest absolute Gasteiger partial charge is 0.119 e. The molecule has 3 rings (SSSR count). The van der Waals surface area contributed by atoms with Gasteiger partial charge in [-0.15, -0.1) is 11.3 Å². The number of methoxy groups -OCH3 is 1. The Kier molecular flexibility index (Phi) is 2.94. The van der Waals surface area contributed by atoms with Gasteiger partial charge < -0.3 is 9.72 Å². The number of fused-ring (bicyclic) bond motifs is 1. The molecule has 0 spiro atoms. The SMILES string of the molecule is CO[C@@H](c1cccs1)c1c(C)[nH]c2ccccc12. The maximum atomic E-state index is 5.72. The highest BCUT2D eigenvalue weighted by atomic mass is 32.1. The van der Waals surface area contributed by atoms with Crippen LogP contribution in [0, 0.1) is 6.92 Å². The van der Waals surface area contributed by atoms with Crippen LogP contribution >= 0.6 is 11.3 Å². The van der Waals surface area contributed by atoms with Gasteiger partial charge in [0, 0.05) is 34.1 Å². The van der Waals surface area contributed by atoms with Crippen LogP contribution in [0.4, 0.5) is 0 Å². The molecular weight excluding hydrogens is 242 g/mol. The van der Waals surface area contributed by atoms with Gasteiger partial charge in [0.05, 0.1) is 0 Å². The van der Waals surface area contributed by atoms with E-state index in [1.165, 1.54) is 27.0 Å². The third-order valence-electron chi connectivity index (χ3n) is 3.24. The molecule has 2 nitrogen and oxygen atoms in total. The second-order valence-corrected chi connectivity index (χ2v) is 5.32. The van der Waals surface area contributed by atoms with Crippen LogP contribution in [-0.2, 0) is 4.74 Å². The molecule has 0 aliphatic rings. The summed E-state index contributed by atoms with van der Waals surface area (Å²) in [6.07, 6.45) is 0.0150. The predicted octanol–water partition coefficient (Wildman–Crippen LogP) is 4.27. The van der Waals surface area contributed by atoms with Crippen LogP contribution in [0.2, 0.25) is 0 Å². The summed E-state index contributed by atoms with van der Waals surface area (Å²) in [7, 11) is 1.77. The molecule has 3 heteroatoms. The number of hydrogen-bond acceptors (Lipinski definition) is 2. The van der Waals surface area contributed by atoms with E-state index in [4.69, 9.17) is 4.74 Å². The van der Waals surface area contributed by atoms with Crippen molar-refractivity contribution in [1.82, 2.24) is 4.98 Å². The van der Waals surface area contributed by atoms with Gasteiger partial charge in [0.2, 0.25) is 0 Å². The second kappa shape index (κ2) is 4.59. The van der Waals surface area contributed by atoms with E-state index in [9.17, 15) is 0 Å². The normalized spacial score (nSPS) is 13.0. The van der Waals surface area contributed by atoms with Crippen LogP contribution in [0.1, 0.15) is 22.2 Å². The number of benzene rings is 1. The molecule has 2 aromatic heterocycles. The zero-order valence-corrected chi connectivity index (χ0v) is 11.3. The lowest BCUT2D eigenvalue weighted by molar-refractivity contribution is 0.140. The van der Waals surface area contributed by atoms with E-state index >= 15 is 0 Å². The van der Waals surface area contributed by atoms with Crippen molar-refractivity contribution in [2.24, 2.45) is 0 Å². The van der Waals surface area contributed by atoms with Crippen LogP contribution in [0.15, 0.2) is 41.8 Å². The summed E-state index contributed by atoms with van der Waals surface area (Å²) >= 11 is 1.73. The molecule has 0 amide bonds. The van der Waals surface area contributed by atoms with Gasteiger partial charge in [0.1, 0.15) is 6.10 Å². The quantitative estimate of drug-likeness (QED) is 0.744. The summed E-state index contributed by atoms with van der Waals surface area (Å²) in [5.41, 5.74) is 3.59. The van der Waals surface area contributed by atoms with Crippen molar-refractivity contribution in [1.29, 1.82) is 0 Å². The van der Waals surface area contributed by atoms with E-state index in [2.05, 4.69) is 53.7 Å². The first-order valence-corrected chi connectivity index (χ1v) is 6.82. The number of H-pyrrole nitrogens is 1. The minimum absolute atomic E-state index is 0.0150. The molecule has 0 bridgehead atoms. The highest BCUT2D eigenvalue weighted by molar-refractivity contribution is 7.10. The maximum Gasteiger partial charge on any atom is 0.119 e. The molecule has 18 heavy (non-hydrogen) atoms. The highest BCUT2D eigenvalue weighted by Crippen LogP contribution is 2.35. The van der Waals surface area contributed by atoms with Gasteiger partial charge in [-0.1, -0.05) is 24.3 Å². The van der Waals surface area contributed by atoms with Crippen LogP contribution in [-0.4, -0.2) is 12.1 Å². The Bertz CT molecular complexity index is 654. The average Bonchev–Trinajstić information content (AvgIpc) is 2.99. The minimum Gasteiger partial charge on any atom is -0.371 e. The minimum atomic E-state index is 0.0150. The first kappa shape index (κ1) is 11.5. The Labute approximate surface area is 110 Å². The number of aryl methyl sites for hydroxylation is 1. The molecule has 3 aromatic rings. The molecule has 1 atom stereocenters. The second-order valence-electron chi connectivity index (χ2n) is 4.34.